The predicted octanol–water partition coefficient (Wildman–Crippen LogP) is 2.93. The van der Waals surface area contributed by atoms with Crippen LogP contribution in [0.5, 0.6) is 0 Å². The van der Waals surface area contributed by atoms with Crippen molar-refractivity contribution in [1.29, 1.82) is 0 Å². The van der Waals surface area contributed by atoms with E-state index in [0.717, 1.165) is 24.5 Å². The lowest BCUT2D eigenvalue weighted by atomic mass is 10.1. The molecule has 0 bridgehead atoms. The minimum atomic E-state index is -4.69. The van der Waals surface area contributed by atoms with E-state index in [4.69, 9.17) is 16.3 Å². The lowest BCUT2D eigenvalue weighted by molar-refractivity contribution is 0.0476. The zero-order chi connectivity index (χ0) is 21.1. The van der Waals surface area contributed by atoms with Gasteiger partial charge in [0.2, 0.25) is 0 Å². The van der Waals surface area contributed by atoms with Crippen LogP contribution >= 0.6 is 11.6 Å². The second kappa shape index (κ2) is 8.40. The van der Waals surface area contributed by atoms with Crippen molar-refractivity contribution in [2.45, 2.75) is 56.8 Å². The number of benzene rings is 1. The molecule has 2 atom stereocenters. The molecule has 0 saturated carbocycles. The SMILES string of the molecule is CC[C@H](NS(C)(=O)(O)c1ccc(F)cc1Cl)[C@H](O)CNC(=O)OC(C)(C)C. The second-order valence-electron chi connectivity index (χ2n) is 7.44. The van der Waals surface area contributed by atoms with Gasteiger partial charge in [-0.1, -0.05) is 18.5 Å². The Morgan fingerprint density at radius 3 is 2.48 bits per heavy atom. The molecular formula is C17H28ClFN2O5S. The van der Waals surface area contributed by atoms with Crippen LogP contribution in [0.1, 0.15) is 34.1 Å². The fourth-order valence-corrected chi connectivity index (χ4v) is 5.15. The Hall–Kier alpha value is -1.26. The smallest absolute Gasteiger partial charge is 0.407 e. The minimum absolute atomic E-state index is 0.180. The third-order valence-corrected chi connectivity index (χ3v) is 6.27. The molecule has 1 aromatic rings. The number of rotatable bonds is 7. The molecule has 1 rings (SSSR count). The number of nitrogens with one attached hydrogen (secondary N) is 2. The highest BCUT2D eigenvalue weighted by Crippen LogP contribution is 2.33. The van der Waals surface area contributed by atoms with Gasteiger partial charge in [-0.15, -0.1) is 9.53 Å². The van der Waals surface area contributed by atoms with Gasteiger partial charge in [-0.3, -0.25) is 4.55 Å². The number of alkyl carbamates (subject to hydrolysis) is 1. The first-order valence-electron chi connectivity index (χ1n) is 8.40. The van der Waals surface area contributed by atoms with Gasteiger partial charge in [0.15, 0.2) is 0 Å². The van der Waals surface area contributed by atoms with Crippen molar-refractivity contribution in [2.24, 2.45) is 0 Å². The monoisotopic (exact) mass is 426 g/mol. The molecule has 0 unspecified atom stereocenters. The molecular weight excluding hydrogens is 399 g/mol. The summed E-state index contributed by atoms with van der Waals surface area (Å²) < 4.78 is 44.7. The molecule has 0 aliphatic carbocycles. The second-order valence-corrected chi connectivity index (χ2v) is 11.1. The van der Waals surface area contributed by atoms with Crippen molar-refractivity contribution in [1.82, 2.24) is 10.0 Å². The highest BCUT2D eigenvalue weighted by atomic mass is 35.5. The number of carbonyl (C=O) groups excluding carboxylic acids is 1. The summed E-state index contributed by atoms with van der Waals surface area (Å²) in [6.07, 6.45) is -0.583. The van der Waals surface area contributed by atoms with Crippen LogP contribution in [0.2, 0.25) is 5.02 Å². The van der Waals surface area contributed by atoms with Crippen LogP contribution in [-0.4, -0.2) is 50.5 Å². The number of hydrogen-bond donors (Lipinski definition) is 4. The molecule has 156 valence electrons. The van der Waals surface area contributed by atoms with Crippen LogP contribution in [0.3, 0.4) is 0 Å². The Bertz CT molecular complexity index is 747. The summed E-state index contributed by atoms with van der Waals surface area (Å²) in [5.74, 6) is -0.638. The third-order valence-electron chi connectivity index (χ3n) is 3.60. The van der Waals surface area contributed by atoms with Crippen molar-refractivity contribution in [3.8, 4) is 0 Å². The van der Waals surface area contributed by atoms with Gasteiger partial charge in [-0.2, -0.15) is 4.21 Å². The van der Waals surface area contributed by atoms with E-state index in [-0.39, 0.29) is 22.9 Å². The summed E-state index contributed by atoms with van der Waals surface area (Å²) in [6, 6.07) is 2.23. The Kier molecular flexibility index (Phi) is 7.40. The summed E-state index contributed by atoms with van der Waals surface area (Å²) in [6.45, 7) is 6.61. The molecule has 0 saturated heterocycles. The topological polar surface area (TPSA) is 108 Å². The van der Waals surface area contributed by atoms with Gasteiger partial charge in [0.1, 0.15) is 11.4 Å². The summed E-state index contributed by atoms with van der Waals surface area (Å²) >= 11 is 5.93. The average molecular weight is 427 g/mol. The van der Waals surface area contributed by atoms with Crippen LogP contribution < -0.4 is 10.0 Å². The van der Waals surface area contributed by atoms with Gasteiger partial charge < -0.3 is 15.2 Å². The normalized spacial score (nSPS) is 16.1. The van der Waals surface area contributed by atoms with Crippen molar-refractivity contribution >= 4 is 27.2 Å². The molecule has 0 spiro atoms. The minimum Gasteiger partial charge on any atom is -0.444 e. The first-order chi connectivity index (χ1) is 12.1. The van der Waals surface area contributed by atoms with E-state index in [1.165, 1.54) is 0 Å². The zero-order valence-corrected chi connectivity index (χ0v) is 17.7. The maximum atomic E-state index is 13.2. The first kappa shape index (κ1) is 23.8. The number of aliphatic hydroxyl groups is 1. The lowest BCUT2D eigenvalue weighted by Gasteiger charge is -2.44. The maximum absolute atomic E-state index is 13.2. The molecule has 27 heavy (non-hydrogen) atoms. The van der Waals surface area contributed by atoms with Crippen LogP contribution in [0.15, 0.2) is 23.1 Å². The lowest BCUT2D eigenvalue weighted by Crippen LogP contribution is -2.56. The average Bonchev–Trinajstić information content (AvgIpc) is 2.47. The first-order valence-corrected chi connectivity index (χ1v) is 11.1. The molecule has 0 heterocycles. The highest BCUT2D eigenvalue weighted by Gasteiger charge is 2.32. The van der Waals surface area contributed by atoms with E-state index in [9.17, 15) is 23.1 Å². The quantitative estimate of drug-likeness (QED) is 0.536. The molecule has 1 amide bonds. The van der Waals surface area contributed by atoms with E-state index in [2.05, 4.69) is 10.0 Å². The number of hydrogen-bond acceptors (Lipinski definition) is 4. The van der Waals surface area contributed by atoms with E-state index < -0.39 is 39.2 Å². The Balaban J connectivity index is 2.89. The molecule has 0 aromatic heterocycles. The van der Waals surface area contributed by atoms with Crippen LogP contribution in [0.4, 0.5) is 9.18 Å². The standard InChI is InChI=1S/C17H28ClFN2O5S/c1-6-13(14(22)10-20-16(23)26-17(2,3)4)21-27(5,24,25)15-8-7-11(19)9-12(15)18/h7-9,13-14,22H,6,10H2,1-5H3,(H,20,23)(H2,21,24,25)/t13-,14+/m0/s1. The summed E-state index contributed by atoms with van der Waals surface area (Å²) in [5, 5.41) is 12.5. The van der Waals surface area contributed by atoms with Crippen LogP contribution in [0.25, 0.3) is 0 Å². The van der Waals surface area contributed by atoms with Crippen molar-refractivity contribution < 1.29 is 27.8 Å². The van der Waals surface area contributed by atoms with Crippen molar-refractivity contribution in [3.05, 3.63) is 29.0 Å². The van der Waals surface area contributed by atoms with Crippen LogP contribution in [-0.2, 0) is 14.3 Å². The van der Waals surface area contributed by atoms with Gasteiger partial charge in [-0.25, -0.2) is 13.9 Å². The van der Waals surface area contributed by atoms with Crippen LogP contribution in [0, 0.1) is 5.82 Å². The Morgan fingerprint density at radius 1 is 1.41 bits per heavy atom. The van der Waals surface area contributed by atoms with E-state index >= 15 is 0 Å². The fourth-order valence-electron chi connectivity index (χ4n) is 2.36. The maximum Gasteiger partial charge on any atom is 0.407 e. The molecule has 0 fully saturated rings. The molecule has 7 nitrogen and oxygen atoms in total. The third kappa shape index (κ3) is 7.34. The molecule has 1 aromatic carbocycles. The number of halogens is 2. The Labute approximate surface area is 164 Å². The summed E-state index contributed by atoms with van der Waals surface area (Å²) in [7, 11) is -4.69. The van der Waals surface area contributed by atoms with Gasteiger partial charge in [-0.05, 0) is 45.4 Å². The van der Waals surface area contributed by atoms with Crippen molar-refractivity contribution in [3.63, 3.8) is 0 Å². The molecule has 0 radical (unpaired) electrons. The number of ether oxygens (including phenoxy) is 1. The Morgan fingerprint density at radius 2 is 2.00 bits per heavy atom. The summed E-state index contributed by atoms with van der Waals surface area (Å²) in [5.41, 5.74) is -0.690. The number of aliphatic hydroxyl groups excluding tert-OH is 1. The predicted molar refractivity (Wildman–Crippen MR) is 104 cm³/mol. The number of amides is 1. The fraction of sp³-hybridized carbons (Fsp3) is 0.588. The van der Waals surface area contributed by atoms with E-state index in [1.807, 2.05) is 0 Å². The highest BCUT2D eigenvalue weighted by molar-refractivity contribution is 8.13. The summed E-state index contributed by atoms with van der Waals surface area (Å²) in [4.78, 5) is 11.5. The molecule has 0 aliphatic heterocycles. The van der Waals surface area contributed by atoms with Gasteiger partial charge >= 0.3 is 6.09 Å². The molecule has 0 aliphatic rings. The van der Waals surface area contributed by atoms with Crippen molar-refractivity contribution in [2.75, 3.05) is 12.8 Å². The van der Waals surface area contributed by atoms with E-state index in [0.29, 0.717) is 0 Å². The molecule has 4 N–H and O–H groups in total. The zero-order valence-electron chi connectivity index (χ0n) is 16.1. The van der Waals surface area contributed by atoms with Gasteiger partial charge in [0.25, 0.3) is 0 Å². The van der Waals surface area contributed by atoms with Gasteiger partial charge in [0, 0.05) is 12.8 Å². The molecule has 10 heteroatoms. The largest absolute Gasteiger partial charge is 0.444 e. The van der Waals surface area contributed by atoms with E-state index in [1.54, 1.807) is 27.7 Å². The van der Waals surface area contributed by atoms with Gasteiger partial charge in [0.05, 0.1) is 22.1 Å². The number of carbonyl (C=O) groups is 1.